The SMILES string of the molecule is Cc1cccc(Cl)c1N(C(=N)N)C(=O)NC(C)(C)C. The number of nitrogens with two attached hydrogens (primary N) is 1. The summed E-state index contributed by atoms with van der Waals surface area (Å²) in [7, 11) is 0. The minimum atomic E-state index is -0.476. The van der Waals surface area contributed by atoms with Crippen LogP contribution < -0.4 is 16.0 Å². The lowest BCUT2D eigenvalue weighted by atomic mass is 10.1. The molecule has 104 valence electrons. The van der Waals surface area contributed by atoms with Crippen molar-refractivity contribution in [3.05, 3.63) is 28.8 Å². The number of nitrogens with zero attached hydrogens (tertiary/aromatic N) is 1. The van der Waals surface area contributed by atoms with E-state index in [9.17, 15) is 4.79 Å². The molecule has 6 heteroatoms. The summed E-state index contributed by atoms with van der Waals surface area (Å²) in [5.41, 5.74) is 6.28. The van der Waals surface area contributed by atoms with E-state index < -0.39 is 11.6 Å². The summed E-state index contributed by atoms with van der Waals surface area (Å²) in [5, 5.41) is 10.7. The van der Waals surface area contributed by atoms with E-state index in [1.54, 1.807) is 12.1 Å². The quantitative estimate of drug-likeness (QED) is 0.547. The van der Waals surface area contributed by atoms with Crippen LogP contribution in [0.4, 0.5) is 10.5 Å². The Balaban J connectivity index is 3.22. The molecule has 0 saturated carbocycles. The van der Waals surface area contributed by atoms with E-state index >= 15 is 0 Å². The number of para-hydroxylation sites is 1. The average molecular weight is 283 g/mol. The first kappa shape index (κ1) is 15.3. The number of amides is 2. The monoisotopic (exact) mass is 282 g/mol. The molecule has 0 saturated heterocycles. The first-order chi connectivity index (χ1) is 8.63. The Morgan fingerprint density at radius 1 is 1.42 bits per heavy atom. The molecule has 0 aliphatic rings. The summed E-state index contributed by atoms with van der Waals surface area (Å²) in [6.07, 6.45) is 0. The summed E-state index contributed by atoms with van der Waals surface area (Å²) in [5.74, 6) is -0.377. The van der Waals surface area contributed by atoms with Crippen LogP contribution in [0.1, 0.15) is 26.3 Å². The average Bonchev–Trinajstić information content (AvgIpc) is 2.20. The Hall–Kier alpha value is -1.75. The minimum absolute atomic E-state index is 0.374. The van der Waals surface area contributed by atoms with Crippen LogP contribution in [0.25, 0.3) is 0 Å². The van der Waals surface area contributed by atoms with Crippen LogP contribution in [0.15, 0.2) is 18.2 Å². The van der Waals surface area contributed by atoms with E-state index in [4.69, 9.17) is 22.7 Å². The van der Waals surface area contributed by atoms with Gasteiger partial charge in [-0.15, -0.1) is 0 Å². The number of nitrogens with one attached hydrogen (secondary N) is 2. The van der Waals surface area contributed by atoms with Crippen molar-refractivity contribution in [2.24, 2.45) is 5.73 Å². The van der Waals surface area contributed by atoms with E-state index in [0.717, 1.165) is 10.5 Å². The Kier molecular flexibility index (Phi) is 4.42. The smallest absolute Gasteiger partial charge is 0.329 e. The van der Waals surface area contributed by atoms with Gasteiger partial charge in [0.1, 0.15) is 0 Å². The summed E-state index contributed by atoms with van der Waals surface area (Å²) < 4.78 is 0. The molecule has 19 heavy (non-hydrogen) atoms. The van der Waals surface area contributed by atoms with Crippen LogP contribution in [0, 0.1) is 12.3 Å². The van der Waals surface area contributed by atoms with Gasteiger partial charge in [-0.3, -0.25) is 5.41 Å². The van der Waals surface area contributed by atoms with Crippen molar-refractivity contribution < 1.29 is 4.79 Å². The Labute approximate surface area is 118 Å². The van der Waals surface area contributed by atoms with Gasteiger partial charge in [-0.1, -0.05) is 23.7 Å². The van der Waals surface area contributed by atoms with Crippen LogP contribution in [0.3, 0.4) is 0 Å². The second kappa shape index (κ2) is 5.48. The molecule has 1 aromatic rings. The summed E-state index contributed by atoms with van der Waals surface area (Å²) in [4.78, 5) is 13.3. The van der Waals surface area contributed by atoms with Crippen molar-refractivity contribution in [2.75, 3.05) is 4.90 Å². The zero-order chi connectivity index (χ0) is 14.8. The molecule has 1 rings (SSSR count). The van der Waals surface area contributed by atoms with Gasteiger partial charge in [0, 0.05) is 5.54 Å². The number of aryl methyl sites for hydroxylation is 1. The standard InChI is InChI=1S/C13H19ClN4O/c1-8-6-5-7-9(14)10(8)18(11(15)16)12(19)17-13(2,3)4/h5-7H,1-4H3,(H3,15,16)(H,17,19). The number of anilines is 1. The largest absolute Gasteiger partial charge is 0.369 e. The molecule has 0 aliphatic carbocycles. The topological polar surface area (TPSA) is 82.2 Å². The molecule has 0 aromatic heterocycles. The highest BCUT2D eigenvalue weighted by molar-refractivity contribution is 6.35. The van der Waals surface area contributed by atoms with Crippen LogP contribution in [0.2, 0.25) is 5.02 Å². The number of urea groups is 1. The number of halogens is 1. The molecule has 0 unspecified atom stereocenters. The molecule has 0 aliphatic heterocycles. The summed E-state index contributed by atoms with van der Waals surface area (Å²) in [6.45, 7) is 7.36. The van der Waals surface area contributed by atoms with Gasteiger partial charge < -0.3 is 11.1 Å². The number of carbonyl (C=O) groups excluding carboxylic acids is 1. The zero-order valence-corrected chi connectivity index (χ0v) is 12.3. The molecule has 0 atom stereocenters. The fraction of sp³-hybridized carbons (Fsp3) is 0.385. The number of carbonyl (C=O) groups is 1. The fourth-order valence-electron chi connectivity index (χ4n) is 1.61. The Morgan fingerprint density at radius 2 is 2.00 bits per heavy atom. The molecular weight excluding hydrogens is 264 g/mol. The Bertz CT molecular complexity index is 488. The van der Waals surface area contributed by atoms with Crippen LogP contribution in [-0.4, -0.2) is 17.5 Å². The zero-order valence-electron chi connectivity index (χ0n) is 11.5. The lowest BCUT2D eigenvalue weighted by Gasteiger charge is -2.28. The second-order valence-corrected chi connectivity index (χ2v) is 5.71. The first-order valence-corrected chi connectivity index (χ1v) is 6.22. The maximum absolute atomic E-state index is 12.2. The molecule has 0 fully saturated rings. The van der Waals surface area contributed by atoms with Crippen molar-refractivity contribution >= 4 is 29.3 Å². The highest BCUT2D eigenvalue weighted by atomic mass is 35.5. The number of hydrogen-bond donors (Lipinski definition) is 3. The number of hydrogen-bond acceptors (Lipinski definition) is 2. The molecule has 1 aromatic carbocycles. The van der Waals surface area contributed by atoms with Gasteiger partial charge in [0.15, 0.2) is 0 Å². The molecule has 0 bridgehead atoms. The number of rotatable bonds is 1. The van der Waals surface area contributed by atoms with Gasteiger partial charge in [0.25, 0.3) is 0 Å². The lowest BCUT2D eigenvalue weighted by Crippen LogP contribution is -2.53. The van der Waals surface area contributed by atoms with Crippen molar-refractivity contribution in [1.29, 1.82) is 5.41 Å². The van der Waals surface area contributed by atoms with E-state index in [2.05, 4.69) is 5.32 Å². The van der Waals surface area contributed by atoms with Gasteiger partial charge in [-0.25, -0.2) is 9.69 Å². The highest BCUT2D eigenvalue weighted by Gasteiger charge is 2.25. The first-order valence-electron chi connectivity index (χ1n) is 5.85. The fourth-order valence-corrected chi connectivity index (χ4v) is 1.92. The third-order valence-corrected chi connectivity index (χ3v) is 2.64. The summed E-state index contributed by atoms with van der Waals surface area (Å²) in [6, 6.07) is 4.77. The summed E-state index contributed by atoms with van der Waals surface area (Å²) >= 11 is 6.11. The van der Waals surface area contributed by atoms with E-state index in [0.29, 0.717) is 10.7 Å². The van der Waals surface area contributed by atoms with Crippen molar-refractivity contribution in [2.45, 2.75) is 33.2 Å². The van der Waals surface area contributed by atoms with Crippen molar-refractivity contribution in [1.82, 2.24) is 5.32 Å². The van der Waals surface area contributed by atoms with E-state index in [-0.39, 0.29) is 5.96 Å². The molecule has 2 amide bonds. The normalized spacial score (nSPS) is 11.0. The molecular formula is C13H19ClN4O. The molecule has 0 heterocycles. The third-order valence-electron chi connectivity index (χ3n) is 2.34. The van der Waals surface area contributed by atoms with Gasteiger partial charge in [-0.2, -0.15) is 0 Å². The number of guanidine groups is 1. The highest BCUT2D eigenvalue weighted by Crippen LogP contribution is 2.29. The van der Waals surface area contributed by atoms with Crippen LogP contribution in [-0.2, 0) is 0 Å². The minimum Gasteiger partial charge on any atom is -0.369 e. The van der Waals surface area contributed by atoms with Crippen molar-refractivity contribution in [3.63, 3.8) is 0 Å². The molecule has 0 radical (unpaired) electrons. The number of benzene rings is 1. The van der Waals surface area contributed by atoms with E-state index in [1.165, 1.54) is 0 Å². The third kappa shape index (κ3) is 3.86. The van der Waals surface area contributed by atoms with Gasteiger partial charge >= 0.3 is 6.03 Å². The molecule has 0 spiro atoms. The molecule has 5 nitrogen and oxygen atoms in total. The Morgan fingerprint density at radius 3 is 2.42 bits per heavy atom. The van der Waals surface area contributed by atoms with E-state index in [1.807, 2.05) is 33.8 Å². The van der Waals surface area contributed by atoms with Gasteiger partial charge in [0.2, 0.25) is 5.96 Å². The second-order valence-electron chi connectivity index (χ2n) is 5.31. The van der Waals surface area contributed by atoms with Crippen molar-refractivity contribution in [3.8, 4) is 0 Å². The predicted molar refractivity (Wildman–Crippen MR) is 78.9 cm³/mol. The van der Waals surface area contributed by atoms with Gasteiger partial charge in [0.05, 0.1) is 10.7 Å². The van der Waals surface area contributed by atoms with Crippen LogP contribution >= 0.6 is 11.6 Å². The maximum Gasteiger partial charge on any atom is 0.329 e. The van der Waals surface area contributed by atoms with Crippen LogP contribution in [0.5, 0.6) is 0 Å². The van der Waals surface area contributed by atoms with Gasteiger partial charge in [-0.05, 0) is 39.3 Å². The maximum atomic E-state index is 12.2. The predicted octanol–water partition coefficient (Wildman–Crippen LogP) is 2.86. The lowest BCUT2D eigenvalue weighted by molar-refractivity contribution is 0.240. The molecule has 4 N–H and O–H groups in total.